The van der Waals surface area contributed by atoms with Crippen LogP contribution in [0, 0.1) is 23.2 Å². The Morgan fingerprint density at radius 3 is 2.58 bits per heavy atom. The Bertz CT molecular complexity index is 169. The van der Waals surface area contributed by atoms with Gasteiger partial charge in [-0.1, -0.05) is 19.8 Å². The van der Waals surface area contributed by atoms with Crippen molar-refractivity contribution in [2.75, 3.05) is 0 Å². The molecule has 0 saturated heterocycles. The fourth-order valence-corrected chi connectivity index (χ4v) is 1.73. The molecule has 2 nitrogen and oxygen atoms in total. The normalized spacial score (nSPS) is 22.4. The molecule has 0 aromatic carbocycles. The number of hydrogen-bond acceptors (Lipinski definition) is 2. The first kappa shape index (κ1) is 9.54. The van der Waals surface area contributed by atoms with Crippen LogP contribution in [0.2, 0.25) is 0 Å². The smallest absolute Gasteiger partial charge is 0.0726 e. The van der Waals surface area contributed by atoms with Gasteiger partial charge < -0.3 is 5.11 Å². The predicted octanol–water partition coefficient (Wildman–Crippen LogP) is 2.09. The second-order valence-electron chi connectivity index (χ2n) is 3.71. The van der Waals surface area contributed by atoms with Crippen molar-refractivity contribution in [3.05, 3.63) is 0 Å². The van der Waals surface area contributed by atoms with Gasteiger partial charge in [-0.3, -0.25) is 0 Å². The van der Waals surface area contributed by atoms with Gasteiger partial charge >= 0.3 is 0 Å². The molecule has 1 aliphatic carbocycles. The highest BCUT2D eigenvalue weighted by Gasteiger charge is 2.31. The zero-order chi connectivity index (χ0) is 8.97. The monoisotopic (exact) mass is 167 g/mol. The molecule has 0 aromatic heterocycles. The van der Waals surface area contributed by atoms with Gasteiger partial charge in [0.25, 0.3) is 0 Å². The fraction of sp³-hybridized carbons (Fsp3) is 0.900. The van der Waals surface area contributed by atoms with Crippen LogP contribution in [0.25, 0.3) is 0 Å². The summed E-state index contributed by atoms with van der Waals surface area (Å²) < 4.78 is 0. The number of nitrogens with zero attached hydrogens (tertiary/aromatic N) is 1. The zero-order valence-corrected chi connectivity index (χ0v) is 7.66. The number of aliphatic hydroxyl groups excluding tert-OH is 1. The van der Waals surface area contributed by atoms with E-state index in [0.717, 1.165) is 25.7 Å². The maximum Gasteiger partial charge on any atom is 0.0726 e. The highest BCUT2D eigenvalue weighted by atomic mass is 16.3. The van der Waals surface area contributed by atoms with Crippen LogP contribution in [0.3, 0.4) is 0 Å². The lowest BCUT2D eigenvalue weighted by atomic mass is 9.76. The highest BCUT2D eigenvalue weighted by molar-refractivity contribution is 4.92. The van der Waals surface area contributed by atoms with E-state index in [-0.39, 0.29) is 12.0 Å². The van der Waals surface area contributed by atoms with E-state index in [9.17, 15) is 5.11 Å². The van der Waals surface area contributed by atoms with Gasteiger partial charge in [0.05, 0.1) is 18.1 Å². The number of hydrogen-bond donors (Lipinski definition) is 1. The Morgan fingerprint density at radius 1 is 1.58 bits per heavy atom. The molecule has 0 aromatic rings. The van der Waals surface area contributed by atoms with Gasteiger partial charge in [0.2, 0.25) is 0 Å². The van der Waals surface area contributed by atoms with E-state index in [2.05, 4.69) is 13.0 Å². The van der Waals surface area contributed by atoms with Crippen LogP contribution in [0.15, 0.2) is 0 Å². The van der Waals surface area contributed by atoms with Crippen LogP contribution in [0.5, 0.6) is 0 Å². The van der Waals surface area contributed by atoms with Crippen LogP contribution in [0.1, 0.15) is 39.0 Å². The van der Waals surface area contributed by atoms with Gasteiger partial charge in [-0.2, -0.15) is 5.26 Å². The Labute approximate surface area is 74.2 Å². The van der Waals surface area contributed by atoms with E-state index in [0.29, 0.717) is 5.92 Å². The van der Waals surface area contributed by atoms with Gasteiger partial charge in [0.1, 0.15) is 0 Å². The standard InChI is InChI=1S/C10H17NO/c1-2-4-9(7-11)10(12)8-5-3-6-8/h8-10,12H,2-6H2,1H3. The van der Waals surface area contributed by atoms with Crippen molar-refractivity contribution in [3.8, 4) is 6.07 Å². The third-order valence-corrected chi connectivity index (χ3v) is 2.81. The molecule has 0 radical (unpaired) electrons. The first-order valence-corrected chi connectivity index (χ1v) is 4.87. The summed E-state index contributed by atoms with van der Waals surface area (Å²) in [6.07, 6.45) is 4.93. The summed E-state index contributed by atoms with van der Waals surface area (Å²) in [5.41, 5.74) is 0. The molecule has 0 bridgehead atoms. The van der Waals surface area contributed by atoms with Gasteiger partial charge in [-0.15, -0.1) is 0 Å². The van der Waals surface area contributed by atoms with Crippen LogP contribution >= 0.6 is 0 Å². The summed E-state index contributed by atoms with van der Waals surface area (Å²) in [4.78, 5) is 0. The topological polar surface area (TPSA) is 44.0 Å². The number of rotatable bonds is 4. The molecule has 0 spiro atoms. The minimum absolute atomic E-state index is 0.125. The summed E-state index contributed by atoms with van der Waals surface area (Å²) in [5.74, 6) is 0.293. The predicted molar refractivity (Wildman–Crippen MR) is 47.4 cm³/mol. The van der Waals surface area contributed by atoms with E-state index in [4.69, 9.17) is 5.26 Å². The summed E-state index contributed by atoms with van der Waals surface area (Å²) in [5, 5.41) is 18.5. The Kier molecular flexibility index (Phi) is 3.55. The second-order valence-corrected chi connectivity index (χ2v) is 3.71. The van der Waals surface area contributed by atoms with Crippen LogP contribution in [-0.2, 0) is 0 Å². The average molecular weight is 167 g/mol. The molecule has 2 atom stereocenters. The third kappa shape index (κ3) is 1.98. The molecule has 0 aliphatic heterocycles. The molecular weight excluding hydrogens is 150 g/mol. The lowest BCUT2D eigenvalue weighted by molar-refractivity contribution is 0.0298. The van der Waals surface area contributed by atoms with Crippen molar-refractivity contribution in [3.63, 3.8) is 0 Å². The van der Waals surface area contributed by atoms with E-state index >= 15 is 0 Å². The molecule has 1 aliphatic rings. The van der Waals surface area contributed by atoms with Crippen molar-refractivity contribution >= 4 is 0 Å². The zero-order valence-electron chi connectivity index (χ0n) is 7.66. The molecule has 12 heavy (non-hydrogen) atoms. The fourth-order valence-electron chi connectivity index (χ4n) is 1.73. The maximum absolute atomic E-state index is 9.74. The van der Waals surface area contributed by atoms with Gasteiger partial charge in [0.15, 0.2) is 0 Å². The third-order valence-electron chi connectivity index (χ3n) is 2.81. The highest BCUT2D eigenvalue weighted by Crippen LogP contribution is 2.33. The van der Waals surface area contributed by atoms with Gasteiger partial charge in [0, 0.05) is 0 Å². The maximum atomic E-state index is 9.74. The number of aliphatic hydroxyl groups is 1. The van der Waals surface area contributed by atoms with Crippen molar-refractivity contribution in [1.29, 1.82) is 5.26 Å². The van der Waals surface area contributed by atoms with Crippen LogP contribution < -0.4 is 0 Å². The second kappa shape index (κ2) is 4.47. The summed E-state index contributed by atoms with van der Waals surface area (Å²) in [6.45, 7) is 2.05. The lowest BCUT2D eigenvalue weighted by Gasteiger charge is -2.32. The van der Waals surface area contributed by atoms with Crippen LogP contribution in [-0.4, -0.2) is 11.2 Å². The van der Waals surface area contributed by atoms with E-state index in [1.54, 1.807) is 0 Å². The van der Waals surface area contributed by atoms with Crippen LogP contribution in [0.4, 0.5) is 0 Å². The van der Waals surface area contributed by atoms with Gasteiger partial charge in [-0.25, -0.2) is 0 Å². The van der Waals surface area contributed by atoms with Crippen molar-refractivity contribution in [2.45, 2.75) is 45.1 Å². The minimum atomic E-state index is -0.358. The van der Waals surface area contributed by atoms with E-state index in [1.165, 1.54) is 6.42 Å². The Hall–Kier alpha value is -0.550. The average Bonchev–Trinajstić information content (AvgIpc) is 1.96. The summed E-state index contributed by atoms with van der Waals surface area (Å²) in [6, 6.07) is 2.20. The molecule has 0 heterocycles. The number of nitriles is 1. The summed E-state index contributed by atoms with van der Waals surface area (Å²) >= 11 is 0. The van der Waals surface area contributed by atoms with Crippen molar-refractivity contribution < 1.29 is 5.11 Å². The molecule has 2 heteroatoms. The quantitative estimate of drug-likeness (QED) is 0.696. The first-order chi connectivity index (χ1) is 5.79. The van der Waals surface area contributed by atoms with E-state index in [1.807, 2.05) is 0 Å². The molecule has 1 saturated carbocycles. The largest absolute Gasteiger partial charge is 0.391 e. The molecule has 1 rings (SSSR count). The van der Waals surface area contributed by atoms with Crippen molar-refractivity contribution in [2.24, 2.45) is 11.8 Å². The lowest BCUT2D eigenvalue weighted by Crippen LogP contribution is -2.32. The Balaban J connectivity index is 2.36. The molecule has 1 N–H and O–H groups in total. The first-order valence-electron chi connectivity index (χ1n) is 4.87. The van der Waals surface area contributed by atoms with E-state index < -0.39 is 0 Å². The summed E-state index contributed by atoms with van der Waals surface area (Å²) in [7, 11) is 0. The SMILES string of the molecule is CCCC(C#N)C(O)C1CCC1. The molecule has 1 fully saturated rings. The molecule has 2 unspecified atom stereocenters. The molecule has 68 valence electrons. The minimum Gasteiger partial charge on any atom is -0.391 e. The molecule has 0 amide bonds. The van der Waals surface area contributed by atoms with Crippen molar-refractivity contribution in [1.82, 2.24) is 0 Å². The Morgan fingerprint density at radius 2 is 2.25 bits per heavy atom. The van der Waals surface area contributed by atoms with Gasteiger partial charge in [-0.05, 0) is 25.2 Å². The molecular formula is C10H17NO.